The number of carbonyl (C=O) groups is 3. The van der Waals surface area contributed by atoms with Gasteiger partial charge in [-0.25, -0.2) is 0 Å². The fraction of sp³-hybridized carbons (Fsp3) is 0.550. The van der Waals surface area contributed by atoms with E-state index in [9.17, 15) is 14.4 Å². The van der Waals surface area contributed by atoms with Gasteiger partial charge < -0.3 is 5.32 Å². The van der Waals surface area contributed by atoms with Crippen LogP contribution < -0.4 is 5.32 Å². The molecular weight excluding hydrogens is 316 g/mol. The molecule has 0 spiro atoms. The van der Waals surface area contributed by atoms with Crippen LogP contribution >= 0.6 is 0 Å². The van der Waals surface area contributed by atoms with Crippen molar-refractivity contribution in [3.8, 4) is 0 Å². The molecule has 1 aromatic rings. The number of carbonyl (C=O) groups excluding carboxylic acids is 3. The third-order valence-electron chi connectivity index (χ3n) is 5.29. The van der Waals surface area contributed by atoms with Crippen LogP contribution in [0.25, 0.3) is 0 Å². The molecule has 0 aromatic heterocycles. The van der Waals surface area contributed by atoms with Crippen LogP contribution in [0, 0.1) is 11.8 Å². The van der Waals surface area contributed by atoms with Crippen LogP contribution in [0.1, 0.15) is 66.7 Å². The zero-order valence-corrected chi connectivity index (χ0v) is 15.0. The second-order valence-corrected chi connectivity index (χ2v) is 7.46. The average molecular weight is 342 g/mol. The highest BCUT2D eigenvalue weighted by atomic mass is 16.2. The van der Waals surface area contributed by atoms with Crippen molar-refractivity contribution < 1.29 is 14.4 Å². The summed E-state index contributed by atoms with van der Waals surface area (Å²) < 4.78 is 0. The highest BCUT2D eigenvalue weighted by Crippen LogP contribution is 2.27. The van der Waals surface area contributed by atoms with Gasteiger partial charge in [-0.3, -0.25) is 19.3 Å². The Morgan fingerprint density at radius 2 is 1.64 bits per heavy atom. The van der Waals surface area contributed by atoms with Crippen molar-refractivity contribution in [2.45, 2.75) is 52.0 Å². The van der Waals surface area contributed by atoms with Crippen molar-refractivity contribution in [1.82, 2.24) is 10.2 Å². The van der Waals surface area contributed by atoms with Gasteiger partial charge in [-0.15, -0.1) is 0 Å². The fourth-order valence-corrected chi connectivity index (χ4v) is 3.92. The standard InChI is InChI=1S/C20H26N2O3/c1-13(2)17(18(23)21-12-14-8-4-3-5-9-14)22-19(24)15-10-6-7-11-16(15)20(22)25/h6-7,10-11,13-14,17H,3-5,8-9,12H2,1-2H3,(H,21,23). The van der Waals surface area contributed by atoms with E-state index in [1.54, 1.807) is 24.3 Å². The lowest BCUT2D eigenvalue weighted by molar-refractivity contribution is -0.126. The van der Waals surface area contributed by atoms with E-state index >= 15 is 0 Å². The Hall–Kier alpha value is -2.17. The van der Waals surface area contributed by atoms with Gasteiger partial charge in [-0.1, -0.05) is 45.2 Å². The summed E-state index contributed by atoms with van der Waals surface area (Å²) in [7, 11) is 0. The van der Waals surface area contributed by atoms with Crippen LogP contribution in [0.5, 0.6) is 0 Å². The van der Waals surface area contributed by atoms with Crippen molar-refractivity contribution in [1.29, 1.82) is 0 Å². The first kappa shape index (κ1) is 17.6. The lowest BCUT2D eigenvalue weighted by Crippen LogP contribution is -2.53. The molecule has 3 rings (SSSR count). The van der Waals surface area contributed by atoms with Crippen molar-refractivity contribution in [2.75, 3.05) is 6.54 Å². The molecule has 0 bridgehead atoms. The third-order valence-corrected chi connectivity index (χ3v) is 5.29. The number of nitrogens with zero attached hydrogens (tertiary/aromatic N) is 1. The second kappa shape index (κ2) is 7.38. The molecule has 1 aromatic carbocycles. The van der Waals surface area contributed by atoms with E-state index in [1.807, 2.05) is 13.8 Å². The molecule has 1 unspecified atom stereocenters. The van der Waals surface area contributed by atoms with E-state index in [1.165, 1.54) is 19.3 Å². The van der Waals surface area contributed by atoms with E-state index in [2.05, 4.69) is 5.32 Å². The van der Waals surface area contributed by atoms with Crippen molar-refractivity contribution in [3.05, 3.63) is 35.4 Å². The summed E-state index contributed by atoms with van der Waals surface area (Å²) in [5, 5.41) is 2.99. The molecule has 1 heterocycles. The fourth-order valence-electron chi connectivity index (χ4n) is 3.92. The number of nitrogens with one attached hydrogen (secondary N) is 1. The van der Waals surface area contributed by atoms with Crippen molar-refractivity contribution in [2.24, 2.45) is 11.8 Å². The minimum Gasteiger partial charge on any atom is -0.354 e. The molecule has 3 amide bonds. The van der Waals surface area contributed by atoms with Crippen molar-refractivity contribution in [3.63, 3.8) is 0 Å². The van der Waals surface area contributed by atoms with E-state index in [-0.39, 0.29) is 23.6 Å². The number of fused-ring (bicyclic) bond motifs is 1. The maximum atomic E-state index is 12.8. The predicted molar refractivity (Wildman–Crippen MR) is 95.2 cm³/mol. The number of imide groups is 1. The molecular formula is C20H26N2O3. The summed E-state index contributed by atoms with van der Waals surface area (Å²) in [5.74, 6) is -0.601. The molecule has 0 radical (unpaired) electrons. The molecule has 134 valence electrons. The quantitative estimate of drug-likeness (QED) is 0.837. The first-order valence-corrected chi connectivity index (χ1v) is 9.25. The minimum atomic E-state index is -0.768. The lowest BCUT2D eigenvalue weighted by Gasteiger charge is -2.29. The maximum Gasteiger partial charge on any atom is 0.262 e. The average Bonchev–Trinajstić information content (AvgIpc) is 2.86. The van der Waals surface area contributed by atoms with Gasteiger partial charge in [-0.05, 0) is 36.8 Å². The Morgan fingerprint density at radius 1 is 1.08 bits per heavy atom. The number of hydrogen-bond donors (Lipinski definition) is 1. The van der Waals surface area contributed by atoms with E-state index in [0.29, 0.717) is 23.6 Å². The second-order valence-electron chi connectivity index (χ2n) is 7.46. The zero-order chi connectivity index (χ0) is 18.0. The number of rotatable bonds is 5. The molecule has 25 heavy (non-hydrogen) atoms. The molecule has 5 heteroatoms. The van der Waals surface area contributed by atoms with E-state index < -0.39 is 6.04 Å². The third kappa shape index (κ3) is 3.46. The van der Waals surface area contributed by atoms with E-state index in [0.717, 1.165) is 17.7 Å². The lowest BCUT2D eigenvalue weighted by atomic mass is 9.89. The Bertz CT molecular complexity index is 642. The molecule has 1 atom stereocenters. The minimum absolute atomic E-state index is 0.145. The van der Waals surface area contributed by atoms with Gasteiger partial charge >= 0.3 is 0 Å². The summed E-state index contributed by atoms with van der Waals surface area (Å²) in [6.07, 6.45) is 5.98. The summed E-state index contributed by atoms with van der Waals surface area (Å²) in [6.45, 7) is 4.37. The largest absolute Gasteiger partial charge is 0.354 e. The smallest absolute Gasteiger partial charge is 0.262 e. The Kier molecular flexibility index (Phi) is 5.21. The van der Waals surface area contributed by atoms with Crippen molar-refractivity contribution >= 4 is 17.7 Å². The van der Waals surface area contributed by atoms with Gasteiger partial charge in [0.15, 0.2) is 0 Å². The molecule has 0 saturated heterocycles. The van der Waals surface area contributed by atoms with Crippen LogP contribution in [0.15, 0.2) is 24.3 Å². The van der Waals surface area contributed by atoms with Gasteiger partial charge in [0.2, 0.25) is 5.91 Å². The molecule has 5 nitrogen and oxygen atoms in total. The van der Waals surface area contributed by atoms with Gasteiger partial charge in [0, 0.05) is 6.54 Å². The highest BCUT2D eigenvalue weighted by Gasteiger charge is 2.43. The molecule has 1 aliphatic heterocycles. The summed E-state index contributed by atoms with van der Waals surface area (Å²) >= 11 is 0. The zero-order valence-electron chi connectivity index (χ0n) is 15.0. The number of hydrogen-bond acceptors (Lipinski definition) is 3. The van der Waals surface area contributed by atoms with E-state index in [4.69, 9.17) is 0 Å². The summed E-state index contributed by atoms with van der Waals surface area (Å²) in [6, 6.07) is 6.00. The van der Waals surface area contributed by atoms with Gasteiger partial charge in [0.05, 0.1) is 11.1 Å². The van der Waals surface area contributed by atoms with Crippen LogP contribution in [-0.4, -0.2) is 35.2 Å². The monoisotopic (exact) mass is 342 g/mol. The van der Waals surface area contributed by atoms with Crippen LogP contribution in [0.2, 0.25) is 0 Å². The summed E-state index contributed by atoms with van der Waals surface area (Å²) in [4.78, 5) is 39.3. The Morgan fingerprint density at radius 3 is 2.16 bits per heavy atom. The number of benzene rings is 1. The van der Waals surface area contributed by atoms with Gasteiger partial charge in [-0.2, -0.15) is 0 Å². The van der Waals surface area contributed by atoms with Gasteiger partial charge in [0.1, 0.15) is 6.04 Å². The van der Waals surface area contributed by atoms with Crippen LogP contribution in [0.4, 0.5) is 0 Å². The topological polar surface area (TPSA) is 66.5 Å². The Balaban J connectivity index is 1.74. The molecule has 1 aliphatic carbocycles. The first-order chi connectivity index (χ1) is 12.0. The Labute approximate surface area is 148 Å². The van der Waals surface area contributed by atoms with Crippen LogP contribution in [0.3, 0.4) is 0 Å². The normalized spacial score (nSPS) is 19.2. The summed E-state index contributed by atoms with van der Waals surface area (Å²) in [5.41, 5.74) is 0.775. The SMILES string of the molecule is CC(C)C(C(=O)NCC1CCCCC1)N1C(=O)c2ccccc2C1=O. The maximum absolute atomic E-state index is 12.8. The predicted octanol–water partition coefficient (Wildman–Crippen LogP) is 3.00. The van der Waals surface area contributed by atoms with Gasteiger partial charge in [0.25, 0.3) is 11.8 Å². The molecule has 2 aliphatic rings. The molecule has 1 N–H and O–H groups in total. The molecule has 1 saturated carbocycles. The molecule has 1 fully saturated rings. The highest BCUT2D eigenvalue weighted by molar-refractivity contribution is 6.22. The first-order valence-electron chi connectivity index (χ1n) is 9.25. The van der Waals surface area contributed by atoms with Crippen LogP contribution in [-0.2, 0) is 4.79 Å². The number of amides is 3.